The Morgan fingerprint density at radius 3 is 3.08 bits per heavy atom. The molecule has 0 unspecified atom stereocenters. The molecule has 0 radical (unpaired) electrons. The van der Waals surface area contributed by atoms with Crippen LogP contribution in [0, 0.1) is 0 Å². The Hall–Kier alpha value is -0.770. The molecule has 0 N–H and O–H groups in total. The van der Waals surface area contributed by atoms with E-state index in [1.54, 1.807) is 6.92 Å². The number of carbonyl (C=O) groups excluding carboxylic acids is 1. The number of esters is 1. The largest absolute Gasteiger partial charge is 0.473 e. The monoisotopic (exact) mass is 191 g/mol. The maximum Gasteiger partial charge on any atom is 0.334 e. The van der Waals surface area contributed by atoms with Crippen LogP contribution in [0.1, 0.15) is 6.92 Å². The van der Waals surface area contributed by atoms with Gasteiger partial charge in [0, 0.05) is 0 Å². The lowest BCUT2D eigenvalue weighted by atomic mass is 10.0. The van der Waals surface area contributed by atoms with E-state index in [-0.39, 0.29) is 5.88 Å². The first-order valence-electron chi connectivity index (χ1n) is 3.47. The summed E-state index contributed by atoms with van der Waals surface area (Å²) >= 11 is 5.63. The first-order valence-corrected chi connectivity index (χ1v) is 4.01. The molecule has 0 saturated heterocycles. The minimum atomic E-state index is -0.755. The van der Waals surface area contributed by atoms with Gasteiger partial charge in [0.05, 0.1) is 13.0 Å². The van der Waals surface area contributed by atoms with Crippen molar-refractivity contribution >= 4 is 24.0 Å². The van der Waals surface area contributed by atoms with Crippen LogP contribution in [-0.2, 0) is 14.3 Å². The lowest BCUT2D eigenvalue weighted by molar-refractivity contribution is -0.145. The molecule has 0 aromatic rings. The predicted octanol–water partition coefficient (Wildman–Crippen LogP) is 0.584. The number of hydrogen-bond donors (Lipinski definition) is 0. The van der Waals surface area contributed by atoms with Gasteiger partial charge < -0.3 is 9.47 Å². The highest BCUT2D eigenvalue weighted by molar-refractivity contribution is 6.19. The van der Waals surface area contributed by atoms with Crippen molar-refractivity contribution in [1.82, 2.24) is 0 Å². The zero-order valence-electron chi connectivity index (χ0n) is 6.91. The fourth-order valence-electron chi connectivity index (χ4n) is 0.960. The maximum absolute atomic E-state index is 11.1. The number of methoxy groups -OCH3 is 1. The molecule has 0 fully saturated rings. The number of carbonyl (C=O) groups is 1. The first kappa shape index (κ1) is 9.32. The van der Waals surface area contributed by atoms with E-state index in [1.165, 1.54) is 13.5 Å². The average molecular weight is 192 g/mol. The summed E-state index contributed by atoms with van der Waals surface area (Å²) in [4.78, 5) is 14.9. The molecular weight excluding hydrogens is 182 g/mol. The van der Waals surface area contributed by atoms with Crippen LogP contribution in [0.4, 0.5) is 0 Å². The molecule has 1 aliphatic rings. The molecule has 68 valence electrons. The highest BCUT2D eigenvalue weighted by Gasteiger charge is 2.44. The quantitative estimate of drug-likeness (QED) is 0.474. The van der Waals surface area contributed by atoms with Crippen molar-refractivity contribution in [2.75, 3.05) is 13.0 Å². The van der Waals surface area contributed by atoms with E-state index >= 15 is 0 Å². The van der Waals surface area contributed by atoms with Gasteiger partial charge in [0.2, 0.25) is 0 Å². The zero-order valence-corrected chi connectivity index (χ0v) is 7.67. The van der Waals surface area contributed by atoms with Crippen molar-refractivity contribution in [3.8, 4) is 0 Å². The number of nitrogens with zero attached hydrogens (tertiary/aromatic N) is 1. The summed E-state index contributed by atoms with van der Waals surface area (Å²) < 4.78 is 9.64. The van der Waals surface area contributed by atoms with E-state index in [4.69, 9.17) is 16.3 Å². The highest BCUT2D eigenvalue weighted by Crippen LogP contribution is 2.25. The zero-order chi connectivity index (χ0) is 9.19. The molecule has 0 aromatic carbocycles. The van der Waals surface area contributed by atoms with Crippen LogP contribution in [0.15, 0.2) is 4.99 Å². The second-order valence-corrected chi connectivity index (χ2v) is 3.01. The first-order chi connectivity index (χ1) is 5.64. The summed E-state index contributed by atoms with van der Waals surface area (Å²) in [6.07, 6.45) is 1.24. The van der Waals surface area contributed by atoms with Gasteiger partial charge in [-0.3, -0.25) is 0 Å². The third-order valence-electron chi connectivity index (χ3n) is 1.80. The number of rotatable bonds is 2. The van der Waals surface area contributed by atoms with Crippen LogP contribution in [0.3, 0.4) is 0 Å². The van der Waals surface area contributed by atoms with Crippen LogP contribution in [0.25, 0.3) is 0 Å². The molecule has 0 bridgehead atoms. The van der Waals surface area contributed by atoms with Crippen molar-refractivity contribution in [2.24, 2.45) is 4.99 Å². The van der Waals surface area contributed by atoms with Gasteiger partial charge >= 0.3 is 5.97 Å². The molecular formula is C7H10ClNO3. The fourth-order valence-corrected chi connectivity index (χ4v) is 1.17. The van der Waals surface area contributed by atoms with E-state index < -0.39 is 17.6 Å². The number of hydrogen-bond acceptors (Lipinski definition) is 4. The van der Waals surface area contributed by atoms with Gasteiger partial charge in [-0.05, 0) is 6.92 Å². The Labute approximate surface area is 75.5 Å². The molecule has 1 aliphatic heterocycles. The normalized spacial score (nSPS) is 33.1. The summed E-state index contributed by atoms with van der Waals surface area (Å²) in [5.41, 5.74) is -0.755. The summed E-state index contributed by atoms with van der Waals surface area (Å²) in [5.74, 6) is -0.223. The van der Waals surface area contributed by atoms with Crippen molar-refractivity contribution < 1.29 is 14.3 Å². The third kappa shape index (κ3) is 1.39. The van der Waals surface area contributed by atoms with E-state index in [0.717, 1.165) is 0 Å². The topological polar surface area (TPSA) is 47.9 Å². The van der Waals surface area contributed by atoms with Crippen molar-refractivity contribution in [2.45, 2.75) is 18.6 Å². The van der Waals surface area contributed by atoms with Gasteiger partial charge in [0.1, 0.15) is 0 Å². The summed E-state index contributed by atoms with van der Waals surface area (Å²) in [5, 5.41) is 0. The second-order valence-electron chi connectivity index (χ2n) is 2.74. The summed E-state index contributed by atoms with van der Waals surface area (Å²) in [6, 6.07) is -0.639. The molecule has 4 nitrogen and oxygen atoms in total. The molecule has 1 rings (SSSR count). The lowest BCUT2D eigenvalue weighted by Gasteiger charge is -2.24. The van der Waals surface area contributed by atoms with Crippen LogP contribution in [0.5, 0.6) is 0 Å². The molecule has 0 saturated carbocycles. The third-order valence-corrected chi connectivity index (χ3v) is 2.33. The van der Waals surface area contributed by atoms with Crippen LogP contribution < -0.4 is 0 Å². The molecule has 0 spiro atoms. The molecule has 0 aliphatic carbocycles. The minimum Gasteiger partial charge on any atom is -0.473 e. The molecule has 0 aromatic heterocycles. The molecule has 0 amide bonds. The lowest BCUT2D eigenvalue weighted by Crippen LogP contribution is -2.43. The van der Waals surface area contributed by atoms with Crippen molar-refractivity contribution in [3.63, 3.8) is 0 Å². The number of halogens is 1. The molecule has 12 heavy (non-hydrogen) atoms. The van der Waals surface area contributed by atoms with Gasteiger partial charge in [0.15, 0.2) is 18.0 Å². The number of alkyl halides is 1. The Morgan fingerprint density at radius 1 is 1.92 bits per heavy atom. The van der Waals surface area contributed by atoms with Gasteiger partial charge in [-0.1, -0.05) is 0 Å². The molecule has 2 atom stereocenters. The summed E-state index contributed by atoms with van der Waals surface area (Å²) in [7, 11) is 1.31. The minimum absolute atomic E-state index is 0.201. The Bertz CT molecular complexity index is 219. The maximum atomic E-state index is 11.1. The molecule has 1 heterocycles. The van der Waals surface area contributed by atoms with E-state index in [0.29, 0.717) is 0 Å². The van der Waals surface area contributed by atoms with E-state index in [1.807, 2.05) is 0 Å². The number of aliphatic imine (C=N–C) groups is 1. The molecule has 5 heteroatoms. The Morgan fingerprint density at radius 2 is 2.58 bits per heavy atom. The van der Waals surface area contributed by atoms with Crippen molar-refractivity contribution in [1.29, 1.82) is 0 Å². The Kier molecular flexibility index (Phi) is 2.57. The van der Waals surface area contributed by atoms with Gasteiger partial charge in [-0.15, -0.1) is 11.6 Å². The van der Waals surface area contributed by atoms with Gasteiger partial charge in [0.25, 0.3) is 0 Å². The van der Waals surface area contributed by atoms with Crippen LogP contribution in [0.2, 0.25) is 0 Å². The second kappa shape index (κ2) is 3.31. The van der Waals surface area contributed by atoms with Crippen LogP contribution in [-0.4, -0.2) is 37.0 Å². The van der Waals surface area contributed by atoms with Crippen LogP contribution >= 0.6 is 11.6 Å². The number of ether oxygens (including phenoxy) is 2. The van der Waals surface area contributed by atoms with E-state index in [2.05, 4.69) is 9.73 Å². The van der Waals surface area contributed by atoms with Gasteiger partial charge in [-0.25, -0.2) is 9.79 Å². The summed E-state index contributed by atoms with van der Waals surface area (Å²) in [6.45, 7) is 1.72. The SMILES string of the molecule is COC(=O)[C@H]1N=CO[C@@]1(C)CCl. The van der Waals surface area contributed by atoms with Gasteiger partial charge in [-0.2, -0.15) is 0 Å². The highest BCUT2D eigenvalue weighted by atomic mass is 35.5. The smallest absolute Gasteiger partial charge is 0.334 e. The van der Waals surface area contributed by atoms with E-state index in [9.17, 15) is 4.79 Å². The van der Waals surface area contributed by atoms with Crippen molar-refractivity contribution in [3.05, 3.63) is 0 Å². The average Bonchev–Trinajstić information content (AvgIpc) is 2.47. The Balaban J connectivity index is 2.75. The predicted molar refractivity (Wildman–Crippen MR) is 44.5 cm³/mol. The fraction of sp³-hybridized carbons (Fsp3) is 0.714. The standard InChI is InChI=1S/C7H10ClNO3/c1-7(3-8)5(6(10)11-2)9-4-12-7/h4-5H,3H2,1-2H3/t5-,7+/m1/s1.